The minimum absolute atomic E-state index is 0.0732. The van der Waals surface area contributed by atoms with E-state index in [2.05, 4.69) is 0 Å². The molecule has 1 aromatic carbocycles. The molecule has 94 valence electrons. The first kappa shape index (κ1) is 14.1. The quantitative estimate of drug-likeness (QED) is 0.908. The van der Waals surface area contributed by atoms with E-state index in [1.54, 1.807) is 0 Å². The summed E-state index contributed by atoms with van der Waals surface area (Å²) in [6, 6.07) is 3.58. The molecule has 0 saturated heterocycles. The summed E-state index contributed by atoms with van der Waals surface area (Å²) in [5, 5.41) is 8.41. The summed E-state index contributed by atoms with van der Waals surface area (Å²) in [5.74, 6) is -3.71. The van der Waals surface area contributed by atoms with E-state index >= 15 is 0 Å². The minimum Gasteiger partial charge on any atom is -0.481 e. The van der Waals surface area contributed by atoms with E-state index in [1.165, 1.54) is 12.1 Å². The van der Waals surface area contributed by atoms with Crippen molar-refractivity contribution in [3.05, 3.63) is 33.8 Å². The number of alkyl halides is 3. The lowest BCUT2D eigenvalue weighted by molar-refractivity contribution is -0.163. The first-order valence-corrected chi connectivity index (χ1v) is 5.21. The monoisotopic (exact) mass is 286 g/mol. The molecule has 17 heavy (non-hydrogen) atoms. The third-order valence-electron chi connectivity index (χ3n) is 2.11. The van der Waals surface area contributed by atoms with E-state index in [0.717, 1.165) is 6.07 Å². The molecule has 0 saturated carbocycles. The highest BCUT2D eigenvalue weighted by molar-refractivity contribution is 6.33. The molecule has 0 amide bonds. The molecule has 0 radical (unpaired) electrons. The van der Waals surface area contributed by atoms with E-state index in [-0.39, 0.29) is 15.6 Å². The van der Waals surface area contributed by atoms with Gasteiger partial charge in [0.15, 0.2) is 0 Å². The highest BCUT2D eigenvalue weighted by Gasteiger charge is 2.43. The number of aliphatic carboxylic acids is 1. The maximum Gasteiger partial charge on any atom is 0.396 e. The Bertz CT molecular complexity index is 432. The predicted octanol–water partition coefficient (Wildman–Crippen LogP) is 4.11. The van der Waals surface area contributed by atoms with Crippen LogP contribution in [0.1, 0.15) is 17.9 Å². The normalized spacial score (nSPS) is 13.5. The molecule has 1 aromatic rings. The van der Waals surface area contributed by atoms with Gasteiger partial charge in [-0.25, -0.2) is 0 Å². The van der Waals surface area contributed by atoms with E-state index in [1.807, 2.05) is 0 Å². The molecule has 0 heterocycles. The lowest BCUT2D eigenvalue weighted by Crippen LogP contribution is -2.24. The average Bonchev–Trinajstić information content (AvgIpc) is 2.16. The van der Waals surface area contributed by atoms with Crippen LogP contribution in [0.5, 0.6) is 0 Å². The fourth-order valence-electron chi connectivity index (χ4n) is 1.36. The Morgan fingerprint density at radius 2 is 1.94 bits per heavy atom. The van der Waals surface area contributed by atoms with Crippen LogP contribution >= 0.6 is 23.2 Å². The summed E-state index contributed by atoms with van der Waals surface area (Å²) < 4.78 is 38.1. The van der Waals surface area contributed by atoms with Crippen LogP contribution in [0.3, 0.4) is 0 Å². The van der Waals surface area contributed by atoms with Crippen molar-refractivity contribution in [3.8, 4) is 0 Å². The van der Waals surface area contributed by atoms with E-state index < -0.39 is 24.5 Å². The van der Waals surface area contributed by atoms with Crippen LogP contribution in [-0.2, 0) is 4.79 Å². The van der Waals surface area contributed by atoms with Gasteiger partial charge in [-0.3, -0.25) is 4.79 Å². The first-order chi connectivity index (χ1) is 7.71. The molecule has 2 nitrogen and oxygen atoms in total. The second kappa shape index (κ2) is 5.14. The van der Waals surface area contributed by atoms with Crippen molar-refractivity contribution in [2.24, 2.45) is 0 Å². The summed E-state index contributed by atoms with van der Waals surface area (Å²) in [6.45, 7) is 0. The molecule has 1 unspecified atom stereocenters. The smallest absolute Gasteiger partial charge is 0.396 e. The van der Waals surface area contributed by atoms with Crippen molar-refractivity contribution in [1.82, 2.24) is 0 Å². The third kappa shape index (κ3) is 3.78. The Labute approximate surface area is 105 Å². The Hall–Kier alpha value is -0.940. The molecule has 1 N–H and O–H groups in total. The molecule has 0 aliphatic heterocycles. The Morgan fingerprint density at radius 1 is 1.35 bits per heavy atom. The van der Waals surface area contributed by atoms with Gasteiger partial charge in [0.05, 0.1) is 12.3 Å². The van der Waals surface area contributed by atoms with Crippen LogP contribution in [0.25, 0.3) is 0 Å². The Balaban J connectivity index is 3.21. The van der Waals surface area contributed by atoms with Crippen molar-refractivity contribution in [2.75, 3.05) is 0 Å². The van der Waals surface area contributed by atoms with Gasteiger partial charge in [-0.2, -0.15) is 13.2 Å². The average molecular weight is 287 g/mol. The minimum atomic E-state index is -4.69. The maximum atomic E-state index is 12.7. The van der Waals surface area contributed by atoms with E-state index in [4.69, 9.17) is 28.3 Å². The van der Waals surface area contributed by atoms with Gasteiger partial charge in [0, 0.05) is 10.0 Å². The number of hydrogen-bond acceptors (Lipinski definition) is 1. The van der Waals surface area contributed by atoms with Gasteiger partial charge in [-0.1, -0.05) is 23.2 Å². The van der Waals surface area contributed by atoms with Crippen LogP contribution in [0, 0.1) is 0 Å². The van der Waals surface area contributed by atoms with E-state index in [9.17, 15) is 18.0 Å². The largest absolute Gasteiger partial charge is 0.481 e. The Morgan fingerprint density at radius 3 is 2.41 bits per heavy atom. The van der Waals surface area contributed by atoms with Gasteiger partial charge in [-0.15, -0.1) is 0 Å². The standard InChI is InChI=1S/C10H7Cl2F3O2/c11-5-1-2-8(12)6(3-5)7(4-9(16)17)10(13,14)15/h1-3,7H,4H2,(H,16,17). The molecular formula is C10H7Cl2F3O2. The van der Waals surface area contributed by atoms with Crippen molar-refractivity contribution in [2.45, 2.75) is 18.5 Å². The van der Waals surface area contributed by atoms with Crippen LogP contribution in [0.2, 0.25) is 10.0 Å². The van der Waals surface area contributed by atoms with Gasteiger partial charge < -0.3 is 5.11 Å². The number of carbonyl (C=O) groups is 1. The maximum absolute atomic E-state index is 12.7. The Kier molecular flexibility index (Phi) is 4.27. The van der Waals surface area contributed by atoms with Gasteiger partial charge >= 0.3 is 12.1 Å². The summed E-state index contributed by atoms with van der Waals surface area (Å²) in [4.78, 5) is 10.4. The number of halogens is 5. The number of rotatable bonds is 3. The molecule has 0 aliphatic rings. The van der Waals surface area contributed by atoms with Crippen molar-refractivity contribution in [1.29, 1.82) is 0 Å². The molecule has 0 aromatic heterocycles. The molecule has 0 spiro atoms. The highest BCUT2D eigenvalue weighted by Crippen LogP contribution is 2.41. The zero-order valence-electron chi connectivity index (χ0n) is 8.26. The third-order valence-corrected chi connectivity index (χ3v) is 2.69. The molecule has 1 atom stereocenters. The van der Waals surface area contributed by atoms with Crippen LogP contribution < -0.4 is 0 Å². The van der Waals surface area contributed by atoms with Crippen molar-refractivity contribution < 1.29 is 23.1 Å². The molecule has 0 aliphatic carbocycles. The predicted molar refractivity (Wildman–Crippen MR) is 57.5 cm³/mol. The van der Waals surface area contributed by atoms with Gasteiger partial charge in [0.1, 0.15) is 0 Å². The molecule has 1 rings (SSSR count). The summed E-state index contributed by atoms with van der Waals surface area (Å²) in [6.07, 6.45) is -5.77. The second-order valence-electron chi connectivity index (χ2n) is 3.36. The van der Waals surface area contributed by atoms with Gasteiger partial charge in [0.25, 0.3) is 0 Å². The molecular weight excluding hydrogens is 280 g/mol. The number of carboxylic acid groups (broad SMARTS) is 1. The number of carboxylic acids is 1. The van der Waals surface area contributed by atoms with Crippen LogP contribution in [0.15, 0.2) is 18.2 Å². The summed E-state index contributed by atoms with van der Waals surface area (Å²) >= 11 is 11.2. The highest BCUT2D eigenvalue weighted by atomic mass is 35.5. The van der Waals surface area contributed by atoms with Crippen molar-refractivity contribution >= 4 is 29.2 Å². The zero-order valence-corrected chi connectivity index (χ0v) is 9.77. The number of benzene rings is 1. The topological polar surface area (TPSA) is 37.3 Å². The first-order valence-electron chi connectivity index (χ1n) is 4.45. The summed E-state index contributed by atoms with van der Waals surface area (Å²) in [5.41, 5.74) is -0.325. The second-order valence-corrected chi connectivity index (χ2v) is 4.20. The molecule has 7 heteroatoms. The SMILES string of the molecule is O=C(O)CC(c1cc(Cl)ccc1Cl)C(F)(F)F. The summed E-state index contributed by atoms with van der Waals surface area (Å²) in [7, 11) is 0. The fourth-order valence-corrected chi connectivity index (χ4v) is 1.79. The zero-order chi connectivity index (χ0) is 13.2. The fraction of sp³-hybridized carbons (Fsp3) is 0.300. The molecule has 0 bridgehead atoms. The molecule has 0 fully saturated rings. The lowest BCUT2D eigenvalue weighted by Gasteiger charge is -2.20. The van der Waals surface area contributed by atoms with Crippen LogP contribution in [-0.4, -0.2) is 17.3 Å². The van der Waals surface area contributed by atoms with Gasteiger partial charge in [0.2, 0.25) is 0 Å². The lowest BCUT2D eigenvalue weighted by atomic mass is 9.95. The van der Waals surface area contributed by atoms with E-state index in [0.29, 0.717) is 0 Å². The number of hydrogen-bond donors (Lipinski definition) is 1. The van der Waals surface area contributed by atoms with Crippen LogP contribution in [0.4, 0.5) is 13.2 Å². The van der Waals surface area contributed by atoms with Gasteiger partial charge in [-0.05, 0) is 23.8 Å². The van der Waals surface area contributed by atoms with Crippen molar-refractivity contribution in [3.63, 3.8) is 0 Å².